The minimum atomic E-state index is -0.380. The zero-order chi connectivity index (χ0) is 26.1. The van der Waals surface area contributed by atoms with Gasteiger partial charge in [0, 0.05) is 51.9 Å². The fourth-order valence-corrected chi connectivity index (χ4v) is 6.58. The Hall–Kier alpha value is -3.21. The van der Waals surface area contributed by atoms with Gasteiger partial charge < -0.3 is 19.9 Å². The van der Waals surface area contributed by atoms with Crippen molar-refractivity contribution in [3.05, 3.63) is 75.9 Å². The highest BCUT2D eigenvalue weighted by atomic mass is 32.1. The van der Waals surface area contributed by atoms with E-state index in [9.17, 15) is 9.50 Å². The van der Waals surface area contributed by atoms with Crippen LogP contribution in [0.5, 0.6) is 5.75 Å². The van der Waals surface area contributed by atoms with Gasteiger partial charge in [0.05, 0.1) is 24.6 Å². The van der Waals surface area contributed by atoms with E-state index in [1.807, 2.05) is 5.38 Å². The first kappa shape index (κ1) is 25.1. The summed E-state index contributed by atoms with van der Waals surface area (Å²) in [4.78, 5) is 9.90. The molecule has 0 amide bonds. The first-order chi connectivity index (χ1) is 18.7. The van der Waals surface area contributed by atoms with Crippen LogP contribution in [0.25, 0.3) is 43.2 Å². The van der Waals surface area contributed by atoms with E-state index in [0.717, 1.165) is 52.0 Å². The van der Waals surface area contributed by atoms with Crippen molar-refractivity contribution in [2.45, 2.75) is 19.6 Å². The third kappa shape index (κ3) is 4.72. The van der Waals surface area contributed by atoms with Crippen molar-refractivity contribution < 1.29 is 19.0 Å². The van der Waals surface area contributed by atoms with Gasteiger partial charge in [-0.15, -0.1) is 22.7 Å². The Kier molecular flexibility index (Phi) is 7.18. The Morgan fingerprint density at radius 3 is 2.79 bits per heavy atom. The molecule has 1 aliphatic heterocycles. The van der Waals surface area contributed by atoms with E-state index in [-0.39, 0.29) is 19.0 Å². The number of rotatable bonds is 8. The Balaban J connectivity index is 1.60. The number of aliphatic hydroxyl groups is 1. The van der Waals surface area contributed by atoms with Crippen LogP contribution in [-0.4, -0.2) is 41.9 Å². The smallest absolute Gasteiger partial charge is 0.142 e. The lowest BCUT2D eigenvalue weighted by Gasteiger charge is -2.19. The van der Waals surface area contributed by atoms with Crippen LogP contribution in [0, 0.1) is 5.82 Å². The van der Waals surface area contributed by atoms with Gasteiger partial charge in [-0.1, -0.05) is 12.1 Å². The van der Waals surface area contributed by atoms with Crippen LogP contribution in [0.15, 0.2) is 53.2 Å². The number of hydrogen-bond acceptors (Lipinski definition) is 8. The first-order valence-corrected chi connectivity index (χ1v) is 14.1. The molecule has 0 unspecified atom stereocenters. The normalized spacial score (nSPS) is 13.1. The van der Waals surface area contributed by atoms with Gasteiger partial charge in [-0.05, 0) is 53.7 Å². The highest BCUT2D eigenvalue weighted by Gasteiger charge is 2.24. The number of fused-ring (bicyclic) bond motifs is 2. The number of methoxy groups -OCH3 is 1. The van der Waals surface area contributed by atoms with E-state index in [2.05, 4.69) is 39.9 Å². The molecule has 0 bridgehead atoms. The highest BCUT2D eigenvalue weighted by Crippen LogP contribution is 2.46. The molecule has 9 heteroatoms. The topological polar surface area (TPSA) is 76.5 Å². The predicted octanol–water partition coefficient (Wildman–Crippen LogP) is 6.06. The fourth-order valence-electron chi connectivity index (χ4n) is 4.82. The number of thiazole rings is 1. The molecule has 1 aliphatic rings. The number of thiophene rings is 1. The quantitative estimate of drug-likeness (QED) is 0.230. The molecule has 6 nitrogen and oxygen atoms in total. The average molecular weight is 548 g/mol. The lowest BCUT2D eigenvalue weighted by molar-refractivity contribution is 0.146. The van der Waals surface area contributed by atoms with Crippen LogP contribution in [-0.2, 0) is 24.3 Å². The van der Waals surface area contributed by atoms with Crippen molar-refractivity contribution in [2.75, 3.05) is 26.9 Å². The summed E-state index contributed by atoms with van der Waals surface area (Å²) in [5.41, 5.74) is 7.43. The third-order valence-electron chi connectivity index (χ3n) is 6.65. The number of ether oxygens (including phenoxy) is 2. The Bertz CT molecular complexity index is 1610. The molecule has 0 radical (unpaired) electrons. The highest BCUT2D eigenvalue weighted by molar-refractivity contribution is 7.18. The molecular formula is C29H26FN3O3S2. The van der Waals surface area contributed by atoms with Crippen molar-refractivity contribution in [1.29, 1.82) is 0 Å². The molecule has 5 aromatic rings. The minimum Gasteiger partial charge on any atom is -0.490 e. The van der Waals surface area contributed by atoms with E-state index < -0.39 is 0 Å². The molecule has 194 valence electrons. The molecule has 2 N–H and O–H groups in total. The SMILES string of the molecule is COCCOc1cc(F)ccc1-c1c(-c2nc(CO)cs2)nc(-c2ccc3c(c2)CCNC3)c2ccsc12. The number of benzene rings is 2. The summed E-state index contributed by atoms with van der Waals surface area (Å²) in [7, 11) is 1.60. The number of halogens is 1. The summed E-state index contributed by atoms with van der Waals surface area (Å²) in [5.74, 6) is 0.0443. The van der Waals surface area contributed by atoms with Crippen molar-refractivity contribution in [2.24, 2.45) is 0 Å². The molecule has 3 aromatic heterocycles. The van der Waals surface area contributed by atoms with Crippen LogP contribution < -0.4 is 10.1 Å². The van der Waals surface area contributed by atoms with Gasteiger partial charge in [-0.3, -0.25) is 0 Å². The van der Waals surface area contributed by atoms with Gasteiger partial charge in [0.25, 0.3) is 0 Å². The zero-order valence-electron chi connectivity index (χ0n) is 20.8. The second kappa shape index (κ2) is 10.9. The zero-order valence-corrected chi connectivity index (χ0v) is 22.4. The second-order valence-corrected chi connectivity index (χ2v) is 10.8. The number of nitrogens with zero attached hydrogens (tertiary/aromatic N) is 2. The average Bonchev–Trinajstić information content (AvgIpc) is 3.63. The number of nitrogens with one attached hydrogen (secondary N) is 1. The summed E-state index contributed by atoms with van der Waals surface area (Å²) < 4.78 is 26.5. The molecule has 2 aromatic carbocycles. The maximum absolute atomic E-state index is 14.4. The maximum atomic E-state index is 14.4. The van der Waals surface area contributed by atoms with E-state index in [4.69, 9.17) is 14.5 Å². The van der Waals surface area contributed by atoms with E-state index in [1.54, 1.807) is 24.5 Å². The molecule has 0 saturated carbocycles. The number of hydrogen-bond donors (Lipinski definition) is 2. The molecular weight excluding hydrogens is 521 g/mol. The van der Waals surface area contributed by atoms with Gasteiger partial charge in [-0.2, -0.15) is 0 Å². The van der Waals surface area contributed by atoms with Crippen LogP contribution >= 0.6 is 22.7 Å². The van der Waals surface area contributed by atoms with Crippen LogP contribution in [0.4, 0.5) is 4.39 Å². The molecule has 0 aliphatic carbocycles. The monoisotopic (exact) mass is 547 g/mol. The van der Waals surface area contributed by atoms with Gasteiger partial charge in [0.2, 0.25) is 0 Å². The van der Waals surface area contributed by atoms with E-state index in [0.29, 0.717) is 28.8 Å². The Morgan fingerprint density at radius 2 is 1.95 bits per heavy atom. The predicted molar refractivity (Wildman–Crippen MR) is 150 cm³/mol. The second-order valence-electron chi connectivity index (χ2n) is 9.04. The summed E-state index contributed by atoms with van der Waals surface area (Å²) in [5, 5.41) is 18.7. The fraction of sp³-hybridized carbons (Fsp3) is 0.241. The van der Waals surface area contributed by atoms with Gasteiger partial charge in [-0.25, -0.2) is 14.4 Å². The van der Waals surface area contributed by atoms with Crippen LogP contribution in [0.3, 0.4) is 0 Å². The lowest BCUT2D eigenvalue weighted by Crippen LogP contribution is -2.23. The van der Waals surface area contributed by atoms with Gasteiger partial charge in [0.15, 0.2) is 0 Å². The molecule has 0 spiro atoms. The standard InChI is InChI=1S/C29H26FN3O3S2/c1-35-9-10-36-24-13-20(30)4-5-22(24)25-27(29-32-21(15-34)16-38-29)33-26(23-7-11-37-28(23)25)18-2-3-19-14-31-8-6-17(19)12-18/h2-5,7,11-13,16,31,34H,6,8-10,14-15H2,1H3. The van der Waals surface area contributed by atoms with Crippen molar-refractivity contribution in [3.63, 3.8) is 0 Å². The third-order valence-corrected chi connectivity index (χ3v) is 8.48. The summed E-state index contributed by atoms with van der Waals surface area (Å²) >= 11 is 3.04. The minimum absolute atomic E-state index is 0.152. The lowest BCUT2D eigenvalue weighted by atomic mass is 9.94. The molecule has 6 rings (SSSR count). The number of aromatic nitrogens is 2. The van der Waals surface area contributed by atoms with Crippen molar-refractivity contribution in [3.8, 4) is 38.8 Å². The van der Waals surface area contributed by atoms with Gasteiger partial charge >= 0.3 is 0 Å². The summed E-state index contributed by atoms with van der Waals surface area (Å²) in [6.45, 7) is 2.36. The summed E-state index contributed by atoms with van der Waals surface area (Å²) in [6.07, 6.45) is 0.977. The van der Waals surface area contributed by atoms with Crippen molar-refractivity contribution in [1.82, 2.24) is 15.3 Å². The first-order valence-electron chi connectivity index (χ1n) is 12.4. The Labute approximate surface area is 227 Å². The molecule has 38 heavy (non-hydrogen) atoms. The summed E-state index contributed by atoms with van der Waals surface area (Å²) in [6, 6.07) is 13.2. The van der Waals surface area contributed by atoms with Crippen LogP contribution in [0.1, 0.15) is 16.8 Å². The number of aliphatic hydroxyl groups excluding tert-OH is 1. The van der Waals surface area contributed by atoms with Crippen molar-refractivity contribution >= 4 is 32.8 Å². The molecule has 0 fully saturated rings. The molecule has 0 atom stereocenters. The molecule has 4 heterocycles. The maximum Gasteiger partial charge on any atom is 0.142 e. The molecule has 0 saturated heterocycles. The largest absolute Gasteiger partial charge is 0.490 e. The van der Waals surface area contributed by atoms with Gasteiger partial charge in [0.1, 0.15) is 28.9 Å². The van der Waals surface area contributed by atoms with E-state index in [1.165, 1.54) is 34.6 Å². The van der Waals surface area contributed by atoms with Crippen LogP contribution in [0.2, 0.25) is 0 Å². The Morgan fingerprint density at radius 1 is 1.03 bits per heavy atom. The van der Waals surface area contributed by atoms with E-state index >= 15 is 0 Å². The number of pyridine rings is 1.